The molecule has 1 aliphatic heterocycles. The largest absolute Gasteiger partial charge is 0.339 e. The van der Waals surface area contributed by atoms with E-state index in [9.17, 15) is 26.0 Å². The number of rotatable bonds is 7. The fourth-order valence-corrected chi connectivity index (χ4v) is 6.42. The van der Waals surface area contributed by atoms with E-state index < -0.39 is 25.9 Å². The average molecular weight is 484 g/mol. The molecule has 3 rings (SSSR count). The Kier molecular flexibility index (Phi) is 7.33. The first-order chi connectivity index (χ1) is 15.1. The van der Waals surface area contributed by atoms with Gasteiger partial charge in [-0.2, -0.15) is 8.61 Å². The number of benzene rings is 2. The Morgan fingerprint density at radius 1 is 0.844 bits per heavy atom. The quantitative estimate of drug-likeness (QED) is 0.600. The van der Waals surface area contributed by atoms with Crippen LogP contribution in [0.2, 0.25) is 0 Å². The van der Waals surface area contributed by atoms with Gasteiger partial charge in [-0.3, -0.25) is 4.79 Å². The third kappa shape index (κ3) is 4.85. The smallest absolute Gasteiger partial charge is 0.253 e. The first-order valence-corrected chi connectivity index (χ1v) is 13.1. The highest BCUT2D eigenvalue weighted by Crippen LogP contribution is 2.22. The van der Waals surface area contributed by atoms with E-state index in [0.717, 1.165) is 16.4 Å². The van der Waals surface area contributed by atoms with Crippen molar-refractivity contribution < 1.29 is 26.0 Å². The summed E-state index contributed by atoms with van der Waals surface area (Å²) in [6, 6.07) is 10.5. The lowest BCUT2D eigenvalue weighted by Crippen LogP contribution is -2.50. The Balaban J connectivity index is 1.71. The van der Waals surface area contributed by atoms with Crippen LogP contribution in [0.3, 0.4) is 0 Å². The van der Waals surface area contributed by atoms with Crippen molar-refractivity contribution in [2.45, 2.75) is 23.6 Å². The molecule has 2 aromatic rings. The second kappa shape index (κ2) is 9.65. The monoisotopic (exact) mass is 483 g/mol. The van der Waals surface area contributed by atoms with Crippen LogP contribution in [-0.4, -0.2) is 75.5 Å². The molecule has 8 nitrogen and oxygen atoms in total. The molecule has 1 heterocycles. The SMILES string of the molecule is CCN(CC)C(=O)c1ccc(S(=O)(=O)N2CCN(S(=O)(=O)c3cccc(F)c3)CC2)cc1. The van der Waals surface area contributed by atoms with E-state index in [1.807, 2.05) is 13.8 Å². The van der Waals surface area contributed by atoms with Crippen molar-refractivity contribution in [1.29, 1.82) is 0 Å². The zero-order chi connectivity index (χ0) is 23.5. The summed E-state index contributed by atoms with van der Waals surface area (Å²) >= 11 is 0. The minimum absolute atomic E-state index is 0.0307. The van der Waals surface area contributed by atoms with Crippen molar-refractivity contribution >= 4 is 26.0 Å². The lowest BCUT2D eigenvalue weighted by molar-refractivity contribution is 0.0773. The van der Waals surface area contributed by atoms with Crippen LogP contribution in [0.4, 0.5) is 4.39 Å². The maximum absolute atomic E-state index is 13.4. The number of amides is 1. The van der Waals surface area contributed by atoms with E-state index in [0.29, 0.717) is 18.7 Å². The molecule has 0 N–H and O–H groups in total. The normalized spacial score (nSPS) is 16.1. The van der Waals surface area contributed by atoms with Gasteiger partial charge in [0.15, 0.2) is 0 Å². The Morgan fingerprint density at radius 2 is 1.34 bits per heavy atom. The van der Waals surface area contributed by atoms with Crippen LogP contribution in [0.1, 0.15) is 24.2 Å². The Morgan fingerprint density at radius 3 is 1.81 bits per heavy atom. The number of hydrogen-bond acceptors (Lipinski definition) is 5. The average Bonchev–Trinajstić information content (AvgIpc) is 2.80. The van der Waals surface area contributed by atoms with E-state index in [2.05, 4.69) is 0 Å². The second-order valence-corrected chi connectivity index (χ2v) is 11.1. The molecule has 2 aromatic carbocycles. The van der Waals surface area contributed by atoms with Gasteiger partial charge in [-0.15, -0.1) is 0 Å². The predicted molar refractivity (Wildman–Crippen MR) is 118 cm³/mol. The molecule has 0 aliphatic carbocycles. The standard InChI is InChI=1S/C21H26FN3O5S2/c1-3-23(4-2)21(26)17-8-10-19(11-9-17)31(27,28)24-12-14-25(15-13-24)32(29,30)20-7-5-6-18(22)16-20/h5-11,16H,3-4,12-15H2,1-2H3. The molecule has 1 aliphatic rings. The highest BCUT2D eigenvalue weighted by atomic mass is 32.2. The molecule has 11 heteroatoms. The summed E-state index contributed by atoms with van der Waals surface area (Å²) in [5, 5.41) is 0. The van der Waals surface area contributed by atoms with E-state index in [1.54, 1.807) is 4.90 Å². The number of sulfonamides is 2. The zero-order valence-electron chi connectivity index (χ0n) is 17.9. The molecule has 0 saturated carbocycles. The van der Waals surface area contributed by atoms with E-state index in [-0.39, 0.29) is 41.9 Å². The minimum atomic E-state index is -3.92. The van der Waals surface area contributed by atoms with Gasteiger partial charge in [-0.05, 0) is 56.3 Å². The van der Waals surface area contributed by atoms with Crippen molar-refractivity contribution in [2.75, 3.05) is 39.3 Å². The van der Waals surface area contributed by atoms with Crippen molar-refractivity contribution in [1.82, 2.24) is 13.5 Å². The van der Waals surface area contributed by atoms with Crippen LogP contribution in [0, 0.1) is 5.82 Å². The zero-order valence-corrected chi connectivity index (χ0v) is 19.6. The molecule has 174 valence electrons. The third-order valence-corrected chi connectivity index (χ3v) is 9.23. The summed E-state index contributed by atoms with van der Waals surface area (Å²) in [6.07, 6.45) is 0. The topological polar surface area (TPSA) is 95.1 Å². The summed E-state index contributed by atoms with van der Waals surface area (Å²) in [5.74, 6) is -0.828. The maximum atomic E-state index is 13.4. The molecule has 0 radical (unpaired) electrons. The Bertz CT molecular complexity index is 1170. The molecule has 0 unspecified atom stereocenters. The Hall–Kier alpha value is -2.34. The van der Waals surface area contributed by atoms with Gasteiger partial charge in [0.1, 0.15) is 5.82 Å². The lowest BCUT2D eigenvalue weighted by Gasteiger charge is -2.33. The lowest BCUT2D eigenvalue weighted by atomic mass is 10.2. The van der Waals surface area contributed by atoms with Crippen LogP contribution in [0.25, 0.3) is 0 Å². The van der Waals surface area contributed by atoms with Gasteiger partial charge in [0.2, 0.25) is 20.0 Å². The van der Waals surface area contributed by atoms with Gasteiger partial charge < -0.3 is 4.90 Å². The first-order valence-electron chi connectivity index (χ1n) is 10.3. The van der Waals surface area contributed by atoms with Crippen LogP contribution < -0.4 is 0 Å². The van der Waals surface area contributed by atoms with Crippen LogP contribution in [0.15, 0.2) is 58.3 Å². The highest BCUT2D eigenvalue weighted by molar-refractivity contribution is 7.89. The number of halogens is 1. The van der Waals surface area contributed by atoms with Crippen LogP contribution in [-0.2, 0) is 20.0 Å². The number of carbonyl (C=O) groups excluding carboxylic acids is 1. The second-order valence-electron chi connectivity index (χ2n) is 7.27. The number of carbonyl (C=O) groups is 1. The van der Waals surface area contributed by atoms with Gasteiger partial charge in [-0.1, -0.05) is 6.07 Å². The molecular formula is C21H26FN3O5S2. The first kappa shape index (κ1) is 24.3. The van der Waals surface area contributed by atoms with Gasteiger partial charge in [-0.25, -0.2) is 21.2 Å². The van der Waals surface area contributed by atoms with Crippen molar-refractivity contribution in [2.24, 2.45) is 0 Å². The Labute approximate surface area is 188 Å². The molecule has 1 saturated heterocycles. The predicted octanol–water partition coefficient (Wildman–Crippen LogP) is 2.00. The van der Waals surface area contributed by atoms with E-state index in [4.69, 9.17) is 0 Å². The minimum Gasteiger partial charge on any atom is -0.339 e. The fraction of sp³-hybridized carbons (Fsp3) is 0.381. The maximum Gasteiger partial charge on any atom is 0.253 e. The summed E-state index contributed by atoms with van der Waals surface area (Å²) in [5.41, 5.74) is 0.402. The number of nitrogens with zero attached hydrogens (tertiary/aromatic N) is 3. The van der Waals surface area contributed by atoms with Crippen molar-refractivity contribution in [3.05, 3.63) is 59.9 Å². The molecule has 0 spiro atoms. The number of piperazine rings is 1. The third-order valence-electron chi connectivity index (χ3n) is 5.42. The van der Waals surface area contributed by atoms with E-state index >= 15 is 0 Å². The van der Waals surface area contributed by atoms with Gasteiger partial charge in [0.25, 0.3) is 5.91 Å². The van der Waals surface area contributed by atoms with Gasteiger partial charge in [0, 0.05) is 44.8 Å². The molecule has 0 atom stereocenters. The summed E-state index contributed by atoms with van der Waals surface area (Å²) in [6.45, 7) is 4.69. The van der Waals surface area contributed by atoms with E-state index in [1.165, 1.54) is 40.7 Å². The van der Waals surface area contributed by atoms with Crippen molar-refractivity contribution in [3.63, 3.8) is 0 Å². The summed E-state index contributed by atoms with van der Waals surface area (Å²) < 4.78 is 67.3. The van der Waals surface area contributed by atoms with Gasteiger partial charge >= 0.3 is 0 Å². The molecule has 1 amide bonds. The van der Waals surface area contributed by atoms with Crippen LogP contribution >= 0.6 is 0 Å². The molecule has 0 aromatic heterocycles. The molecule has 0 bridgehead atoms. The van der Waals surface area contributed by atoms with Crippen molar-refractivity contribution in [3.8, 4) is 0 Å². The summed E-state index contributed by atoms with van der Waals surface area (Å²) in [7, 11) is -7.77. The van der Waals surface area contributed by atoms with Crippen LogP contribution in [0.5, 0.6) is 0 Å². The molecular weight excluding hydrogens is 457 g/mol. The molecule has 1 fully saturated rings. The molecule has 32 heavy (non-hydrogen) atoms. The summed E-state index contributed by atoms with van der Waals surface area (Å²) in [4.78, 5) is 13.9. The fourth-order valence-electron chi connectivity index (χ4n) is 3.54. The van der Waals surface area contributed by atoms with Gasteiger partial charge in [0.05, 0.1) is 9.79 Å². The number of hydrogen-bond donors (Lipinski definition) is 0. The highest BCUT2D eigenvalue weighted by Gasteiger charge is 2.34.